The molecule has 0 radical (unpaired) electrons. The number of halogens is 1. The lowest BCUT2D eigenvalue weighted by Crippen LogP contribution is -2.12. The van der Waals surface area contributed by atoms with Crippen LogP contribution >= 0.6 is 27.3 Å². The minimum absolute atomic E-state index is 0.0768. The first kappa shape index (κ1) is 12.5. The number of thiazole rings is 1. The molecule has 92 valence electrons. The molecule has 0 aliphatic rings. The minimum atomic E-state index is 0.0768. The van der Waals surface area contributed by atoms with Crippen molar-refractivity contribution in [2.45, 2.75) is 32.7 Å². The Kier molecular flexibility index (Phi) is 3.22. The lowest BCUT2D eigenvalue weighted by atomic mass is 9.93. The fraction of sp³-hybridized carbons (Fsp3) is 0.500. The van der Waals surface area contributed by atoms with Gasteiger partial charge in [0, 0.05) is 10.8 Å². The molecule has 0 unspecified atom stereocenters. The molecule has 5 nitrogen and oxygen atoms in total. The molecule has 2 aromatic rings. The van der Waals surface area contributed by atoms with Gasteiger partial charge in [-0.25, -0.2) is 9.67 Å². The van der Waals surface area contributed by atoms with E-state index in [0.29, 0.717) is 11.3 Å². The van der Waals surface area contributed by atoms with Crippen LogP contribution in [0, 0.1) is 0 Å². The molecule has 0 amide bonds. The minimum Gasteiger partial charge on any atom is -0.366 e. The van der Waals surface area contributed by atoms with E-state index in [0.717, 1.165) is 10.7 Å². The normalized spacial score (nSPS) is 12.0. The average molecular weight is 316 g/mol. The Bertz CT molecular complexity index is 525. The summed E-state index contributed by atoms with van der Waals surface area (Å²) in [4.78, 5) is 8.58. The van der Waals surface area contributed by atoms with Gasteiger partial charge < -0.3 is 5.73 Å². The van der Waals surface area contributed by atoms with Crippen molar-refractivity contribution in [1.82, 2.24) is 19.7 Å². The van der Waals surface area contributed by atoms with E-state index in [-0.39, 0.29) is 11.4 Å². The molecule has 0 aromatic carbocycles. The zero-order valence-electron chi connectivity index (χ0n) is 9.94. The number of nitrogens with two attached hydrogens (primary N) is 1. The Morgan fingerprint density at radius 1 is 1.41 bits per heavy atom. The third kappa shape index (κ3) is 2.84. The molecular formula is C10H14BrN5S. The number of aromatic nitrogens is 4. The van der Waals surface area contributed by atoms with Gasteiger partial charge in [-0.2, -0.15) is 4.98 Å². The molecule has 2 heterocycles. The molecule has 7 heteroatoms. The molecule has 2 aromatic heterocycles. The quantitative estimate of drug-likeness (QED) is 0.924. The van der Waals surface area contributed by atoms with E-state index in [1.165, 1.54) is 0 Å². The molecule has 2 rings (SSSR count). The molecule has 0 aliphatic heterocycles. The van der Waals surface area contributed by atoms with E-state index >= 15 is 0 Å². The van der Waals surface area contributed by atoms with Crippen LogP contribution in [0.25, 0.3) is 0 Å². The Morgan fingerprint density at radius 3 is 2.59 bits per heavy atom. The fourth-order valence-corrected chi connectivity index (χ4v) is 2.68. The first-order valence-electron chi connectivity index (χ1n) is 5.17. The van der Waals surface area contributed by atoms with Crippen LogP contribution in [-0.2, 0) is 12.0 Å². The third-order valence-electron chi connectivity index (χ3n) is 2.25. The van der Waals surface area contributed by atoms with Crippen molar-refractivity contribution in [3.8, 4) is 0 Å². The van der Waals surface area contributed by atoms with Gasteiger partial charge in [-0.05, 0) is 15.9 Å². The maximum atomic E-state index is 5.52. The summed E-state index contributed by atoms with van der Waals surface area (Å²) in [6.45, 7) is 7.03. The first-order chi connectivity index (χ1) is 7.86. The van der Waals surface area contributed by atoms with Crippen LogP contribution in [0.15, 0.2) is 10.1 Å². The maximum Gasteiger partial charge on any atom is 0.240 e. The molecule has 17 heavy (non-hydrogen) atoms. The van der Waals surface area contributed by atoms with Crippen molar-refractivity contribution >= 4 is 33.2 Å². The van der Waals surface area contributed by atoms with Crippen molar-refractivity contribution in [3.05, 3.63) is 20.8 Å². The summed E-state index contributed by atoms with van der Waals surface area (Å²) in [6, 6.07) is 0. The number of hydrogen-bond acceptors (Lipinski definition) is 5. The van der Waals surface area contributed by atoms with Gasteiger partial charge in [0.25, 0.3) is 0 Å². The van der Waals surface area contributed by atoms with E-state index < -0.39 is 0 Å². The second-order valence-electron chi connectivity index (χ2n) is 4.77. The highest BCUT2D eigenvalue weighted by Crippen LogP contribution is 2.24. The largest absolute Gasteiger partial charge is 0.366 e. The highest BCUT2D eigenvalue weighted by molar-refractivity contribution is 9.10. The lowest BCUT2D eigenvalue weighted by molar-refractivity contribution is 0.567. The zero-order chi connectivity index (χ0) is 12.6. The molecule has 0 saturated carbocycles. The monoisotopic (exact) mass is 315 g/mol. The van der Waals surface area contributed by atoms with Gasteiger partial charge >= 0.3 is 0 Å². The van der Waals surface area contributed by atoms with Crippen LogP contribution in [-0.4, -0.2) is 19.7 Å². The molecule has 0 bridgehead atoms. The smallest absolute Gasteiger partial charge is 0.240 e. The maximum absolute atomic E-state index is 5.52. The molecule has 0 saturated heterocycles. The average Bonchev–Trinajstić information content (AvgIpc) is 2.74. The summed E-state index contributed by atoms with van der Waals surface area (Å²) in [5.74, 6) is 0.268. The molecule has 0 spiro atoms. The lowest BCUT2D eigenvalue weighted by Gasteiger charge is -2.14. The van der Waals surface area contributed by atoms with E-state index in [1.807, 2.05) is 0 Å². The van der Waals surface area contributed by atoms with E-state index in [2.05, 4.69) is 57.1 Å². The van der Waals surface area contributed by atoms with Crippen LogP contribution < -0.4 is 5.73 Å². The summed E-state index contributed by atoms with van der Waals surface area (Å²) in [6.07, 6.45) is 0. The van der Waals surface area contributed by atoms with Gasteiger partial charge in [-0.1, -0.05) is 20.8 Å². The van der Waals surface area contributed by atoms with Crippen molar-refractivity contribution in [3.63, 3.8) is 0 Å². The highest BCUT2D eigenvalue weighted by Gasteiger charge is 2.18. The van der Waals surface area contributed by atoms with Gasteiger partial charge in [-0.3, -0.25) is 0 Å². The summed E-state index contributed by atoms with van der Waals surface area (Å²) < 4.78 is 2.32. The number of rotatable bonds is 2. The standard InChI is InChI=1S/C10H14BrN5S/c1-10(2,3)6-5-17-7(13-6)4-16-8(11)14-9(12)15-16/h5H,4H2,1-3H3,(H2,12,15). The fourth-order valence-electron chi connectivity index (χ4n) is 1.30. The van der Waals surface area contributed by atoms with E-state index in [9.17, 15) is 0 Å². The Morgan fingerprint density at radius 2 is 2.12 bits per heavy atom. The van der Waals surface area contributed by atoms with E-state index in [4.69, 9.17) is 5.73 Å². The second-order valence-corrected chi connectivity index (χ2v) is 6.43. The van der Waals surface area contributed by atoms with Crippen LogP contribution in [0.4, 0.5) is 5.95 Å². The Balaban J connectivity index is 2.20. The molecule has 2 N–H and O–H groups in total. The predicted octanol–water partition coefficient (Wildman–Crippen LogP) is 2.43. The van der Waals surface area contributed by atoms with Gasteiger partial charge in [0.15, 0.2) is 4.73 Å². The SMILES string of the molecule is CC(C)(C)c1csc(Cn2nc(N)nc2Br)n1. The van der Waals surface area contributed by atoms with Crippen LogP contribution in [0.5, 0.6) is 0 Å². The van der Waals surface area contributed by atoms with Gasteiger partial charge in [0.1, 0.15) is 5.01 Å². The van der Waals surface area contributed by atoms with Gasteiger partial charge in [-0.15, -0.1) is 16.4 Å². The van der Waals surface area contributed by atoms with Crippen LogP contribution in [0.2, 0.25) is 0 Å². The highest BCUT2D eigenvalue weighted by atomic mass is 79.9. The summed E-state index contributed by atoms with van der Waals surface area (Å²) in [5, 5.41) is 7.17. The van der Waals surface area contributed by atoms with Gasteiger partial charge in [0.05, 0.1) is 12.2 Å². The molecule has 0 atom stereocenters. The van der Waals surface area contributed by atoms with Crippen molar-refractivity contribution in [1.29, 1.82) is 0 Å². The molecule has 0 aliphatic carbocycles. The number of nitrogens with zero attached hydrogens (tertiary/aromatic N) is 4. The number of nitrogen functional groups attached to an aromatic ring is 1. The van der Waals surface area contributed by atoms with Crippen molar-refractivity contribution < 1.29 is 0 Å². The van der Waals surface area contributed by atoms with Crippen molar-refractivity contribution in [2.75, 3.05) is 5.73 Å². The van der Waals surface area contributed by atoms with Crippen molar-refractivity contribution in [2.24, 2.45) is 0 Å². The predicted molar refractivity (Wildman–Crippen MR) is 72.1 cm³/mol. The number of anilines is 1. The summed E-state index contributed by atoms with van der Waals surface area (Å²) >= 11 is 4.93. The molecular weight excluding hydrogens is 302 g/mol. The van der Waals surface area contributed by atoms with Gasteiger partial charge in [0.2, 0.25) is 5.95 Å². The summed E-state index contributed by atoms with van der Waals surface area (Å²) in [5.41, 5.74) is 6.69. The number of hydrogen-bond donors (Lipinski definition) is 1. The Labute approximate surface area is 112 Å². The Hall–Kier alpha value is -0.950. The topological polar surface area (TPSA) is 69.6 Å². The van der Waals surface area contributed by atoms with E-state index in [1.54, 1.807) is 16.0 Å². The second kappa shape index (κ2) is 4.38. The summed E-state index contributed by atoms with van der Waals surface area (Å²) in [7, 11) is 0. The molecule has 0 fully saturated rings. The third-order valence-corrected chi connectivity index (χ3v) is 3.67. The zero-order valence-corrected chi connectivity index (χ0v) is 12.3. The van der Waals surface area contributed by atoms with Crippen LogP contribution in [0.1, 0.15) is 31.5 Å². The first-order valence-corrected chi connectivity index (χ1v) is 6.84. The van der Waals surface area contributed by atoms with Crippen LogP contribution in [0.3, 0.4) is 0 Å².